The third kappa shape index (κ3) is 4.94. The minimum Gasteiger partial charge on any atom is -0.480 e. The molecule has 18 heavy (non-hydrogen) atoms. The molecule has 1 unspecified atom stereocenters. The number of carbonyl (C=O) groups is 1. The first-order valence-corrected chi connectivity index (χ1v) is 7.29. The Bertz CT molecular complexity index is 250. The Morgan fingerprint density at radius 3 is 2.39 bits per heavy atom. The number of rotatable bonds is 7. The van der Waals surface area contributed by atoms with Gasteiger partial charge >= 0.3 is 5.97 Å². The molecular formula is C14H28N2O2. The maximum atomic E-state index is 11.3. The lowest BCUT2D eigenvalue weighted by Crippen LogP contribution is -2.49. The first kappa shape index (κ1) is 15.4. The molecule has 106 valence electrons. The van der Waals surface area contributed by atoms with Crippen molar-refractivity contribution in [3.05, 3.63) is 0 Å². The molecule has 1 heterocycles. The highest BCUT2D eigenvalue weighted by Gasteiger charge is 2.31. The monoisotopic (exact) mass is 256 g/mol. The quantitative estimate of drug-likeness (QED) is 0.732. The van der Waals surface area contributed by atoms with Gasteiger partial charge in [-0.05, 0) is 58.8 Å². The summed E-state index contributed by atoms with van der Waals surface area (Å²) in [5.41, 5.74) is -0.763. The van der Waals surface area contributed by atoms with Gasteiger partial charge in [-0.25, -0.2) is 0 Å². The van der Waals surface area contributed by atoms with Crippen LogP contribution in [0.15, 0.2) is 0 Å². The smallest absolute Gasteiger partial charge is 0.323 e. The van der Waals surface area contributed by atoms with E-state index in [4.69, 9.17) is 0 Å². The Morgan fingerprint density at radius 1 is 1.28 bits per heavy atom. The molecule has 4 heteroatoms. The lowest BCUT2D eigenvalue weighted by atomic mass is 9.95. The predicted octanol–water partition coefficient (Wildman–Crippen LogP) is 2.10. The van der Waals surface area contributed by atoms with E-state index in [2.05, 4.69) is 10.2 Å². The van der Waals surface area contributed by atoms with Gasteiger partial charge in [0.25, 0.3) is 0 Å². The van der Waals surface area contributed by atoms with Crippen LogP contribution in [0.2, 0.25) is 0 Å². The number of nitrogens with zero attached hydrogens (tertiary/aromatic N) is 1. The Balaban J connectivity index is 2.31. The van der Waals surface area contributed by atoms with Crippen LogP contribution in [-0.2, 0) is 4.79 Å². The third-order valence-corrected chi connectivity index (χ3v) is 3.89. The first-order chi connectivity index (χ1) is 8.58. The molecule has 1 atom stereocenters. The average molecular weight is 256 g/mol. The highest BCUT2D eigenvalue weighted by atomic mass is 16.4. The van der Waals surface area contributed by atoms with Gasteiger partial charge in [0.2, 0.25) is 0 Å². The van der Waals surface area contributed by atoms with E-state index in [-0.39, 0.29) is 0 Å². The van der Waals surface area contributed by atoms with Crippen molar-refractivity contribution >= 4 is 5.97 Å². The van der Waals surface area contributed by atoms with Crippen LogP contribution >= 0.6 is 0 Å². The third-order valence-electron chi connectivity index (χ3n) is 3.89. The van der Waals surface area contributed by atoms with Crippen LogP contribution in [0.25, 0.3) is 0 Å². The number of hydrogen-bond acceptors (Lipinski definition) is 3. The topological polar surface area (TPSA) is 52.6 Å². The molecule has 0 spiro atoms. The van der Waals surface area contributed by atoms with Gasteiger partial charge in [-0.1, -0.05) is 19.8 Å². The molecule has 0 radical (unpaired) electrons. The lowest BCUT2D eigenvalue weighted by Gasteiger charge is -2.27. The molecule has 1 fully saturated rings. The van der Waals surface area contributed by atoms with Crippen LogP contribution in [0.3, 0.4) is 0 Å². The van der Waals surface area contributed by atoms with Gasteiger partial charge in [0, 0.05) is 0 Å². The van der Waals surface area contributed by atoms with E-state index < -0.39 is 11.5 Å². The van der Waals surface area contributed by atoms with E-state index in [0.29, 0.717) is 13.0 Å². The molecule has 2 N–H and O–H groups in total. The van der Waals surface area contributed by atoms with Crippen molar-refractivity contribution in [2.24, 2.45) is 0 Å². The van der Waals surface area contributed by atoms with E-state index in [1.807, 2.05) is 6.92 Å². The molecule has 0 aliphatic carbocycles. The van der Waals surface area contributed by atoms with Crippen LogP contribution in [0.5, 0.6) is 0 Å². The molecule has 1 aliphatic heterocycles. The number of aliphatic carboxylic acids is 1. The van der Waals surface area contributed by atoms with E-state index in [9.17, 15) is 9.90 Å². The van der Waals surface area contributed by atoms with Crippen molar-refractivity contribution < 1.29 is 9.90 Å². The zero-order valence-electron chi connectivity index (χ0n) is 11.9. The lowest BCUT2D eigenvalue weighted by molar-refractivity contribution is -0.144. The molecule has 1 saturated heterocycles. The van der Waals surface area contributed by atoms with E-state index in [1.54, 1.807) is 6.92 Å². The Morgan fingerprint density at radius 2 is 1.89 bits per heavy atom. The maximum absolute atomic E-state index is 11.3. The zero-order valence-corrected chi connectivity index (χ0v) is 11.9. The van der Waals surface area contributed by atoms with Crippen LogP contribution in [0.4, 0.5) is 0 Å². The summed E-state index contributed by atoms with van der Waals surface area (Å²) in [6, 6.07) is 0. The van der Waals surface area contributed by atoms with Crippen molar-refractivity contribution in [3.8, 4) is 0 Å². The second kappa shape index (κ2) is 7.74. The normalized spacial score (nSPS) is 21.2. The van der Waals surface area contributed by atoms with Gasteiger partial charge in [0.1, 0.15) is 5.54 Å². The summed E-state index contributed by atoms with van der Waals surface area (Å²) >= 11 is 0. The van der Waals surface area contributed by atoms with Gasteiger partial charge < -0.3 is 15.3 Å². The average Bonchev–Trinajstić information content (AvgIpc) is 2.58. The number of nitrogens with one attached hydrogen (secondary N) is 1. The Kier molecular flexibility index (Phi) is 6.65. The van der Waals surface area contributed by atoms with Crippen molar-refractivity contribution in [3.63, 3.8) is 0 Å². The fourth-order valence-corrected chi connectivity index (χ4v) is 2.68. The van der Waals surface area contributed by atoms with E-state index in [1.165, 1.54) is 38.8 Å². The van der Waals surface area contributed by atoms with Crippen molar-refractivity contribution in [2.75, 3.05) is 26.2 Å². The molecule has 0 aromatic heterocycles. The molecule has 0 aromatic rings. The summed E-state index contributed by atoms with van der Waals surface area (Å²) in [4.78, 5) is 13.8. The minimum atomic E-state index is -0.763. The van der Waals surface area contributed by atoms with Gasteiger partial charge in [0.15, 0.2) is 0 Å². The number of carboxylic acid groups (broad SMARTS) is 1. The van der Waals surface area contributed by atoms with Crippen molar-refractivity contribution in [1.29, 1.82) is 0 Å². The van der Waals surface area contributed by atoms with Crippen molar-refractivity contribution in [1.82, 2.24) is 10.2 Å². The molecule has 4 nitrogen and oxygen atoms in total. The molecular weight excluding hydrogens is 228 g/mol. The zero-order chi connectivity index (χ0) is 13.4. The van der Waals surface area contributed by atoms with Gasteiger partial charge in [-0.15, -0.1) is 0 Å². The number of hydrogen-bond donors (Lipinski definition) is 2. The molecule has 0 aromatic carbocycles. The molecule has 1 rings (SSSR count). The number of likely N-dealkylation sites (tertiary alicyclic amines) is 1. The SMILES string of the molecule is CCNC(C)(CCCN1CCCCCC1)C(=O)O. The number of carboxylic acids is 1. The van der Waals surface area contributed by atoms with E-state index in [0.717, 1.165) is 13.0 Å². The Hall–Kier alpha value is -0.610. The predicted molar refractivity (Wildman–Crippen MR) is 73.9 cm³/mol. The fraction of sp³-hybridized carbons (Fsp3) is 0.929. The van der Waals surface area contributed by atoms with Crippen molar-refractivity contribution in [2.45, 2.75) is 57.9 Å². The minimum absolute atomic E-state index is 0.701. The highest BCUT2D eigenvalue weighted by Crippen LogP contribution is 2.15. The van der Waals surface area contributed by atoms with Crippen LogP contribution < -0.4 is 5.32 Å². The second-order valence-corrected chi connectivity index (χ2v) is 5.53. The first-order valence-electron chi connectivity index (χ1n) is 7.29. The fourth-order valence-electron chi connectivity index (χ4n) is 2.68. The summed E-state index contributed by atoms with van der Waals surface area (Å²) in [6.45, 7) is 7.86. The second-order valence-electron chi connectivity index (χ2n) is 5.53. The van der Waals surface area contributed by atoms with Gasteiger partial charge in [-0.3, -0.25) is 4.79 Å². The summed E-state index contributed by atoms with van der Waals surface area (Å²) in [7, 11) is 0. The summed E-state index contributed by atoms with van der Waals surface area (Å²) < 4.78 is 0. The maximum Gasteiger partial charge on any atom is 0.323 e. The highest BCUT2D eigenvalue weighted by molar-refractivity contribution is 5.78. The largest absolute Gasteiger partial charge is 0.480 e. The van der Waals surface area contributed by atoms with E-state index >= 15 is 0 Å². The molecule has 1 aliphatic rings. The Labute approximate surface area is 111 Å². The van der Waals surface area contributed by atoms with Gasteiger partial charge in [-0.2, -0.15) is 0 Å². The summed E-state index contributed by atoms with van der Waals surface area (Å²) in [6.07, 6.45) is 6.94. The molecule has 0 amide bonds. The molecule has 0 bridgehead atoms. The summed E-state index contributed by atoms with van der Waals surface area (Å²) in [5, 5.41) is 12.4. The van der Waals surface area contributed by atoms with Crippen LogP contribution in [0, 0.1) is 0 Å². The standard InChI is InChI=1S/C14H28N2O2/c1-3-15-14(2,13(17)18)9-8-12-16-10-6-4-5-7-11-16/h15H,3-12H2,1-2H3,(H,17,18). The van der Waals surface area contributed by atoms with Gasteiger partial charge in [0.05, 0.1) is 0 Å². The summed E-state index contributed by atoms with van der Waals surface area (Å²) in [5.74, 6) is -0.736. The number of likely N-dealkylation sites (N-methyl/N-ethyl adjacent to an activating group) is 1. The van der Waals surface area contributed by atoms with Crippen LogP contribution in [-0.4, -0.2) is 47.7 Å². The molecule has 0 saturated carbocycles. The van der Waals surface area contributed by atoms with Crippen LogP contribution in [0.1, 0.15) is 52.4 Å².